The van der Waals surface area contributed by atoms with E-state index in [1.807, 2.05) is 19.1 Å². The van der Waals surface area contributed by atoms with E-state index in [0.717, 1.165) is 5.39 Å². The number of aliphatic hydroxyl groups is 1. The molecule has 3 rings (SSSR count). The molecule has 0 radical (unpaired) electrons. The standard InChI is InChI=1S/C22H23ClN2O4/c1-14-21(24(15(2)27)11-4-12-26)19-13-18(29-3)9-10-20(19)25(14)22(28)16-5-7-17(23)8-6-16/h5-10,13,26H,4,11-12H2,1-3H3. The van der Waals surface area contributed by atoms with E-state index in [-0.39, 0.29) is 18.4 Å². The van der Waals surface area contributed by atoms with Crippen LogP contribution in [0.2, 0.25) is 5.02 Å². The number of carbonyl (C=O) groups is 2. The van der Waals surface area contributed by atoms with Crippen molar-refractivity contribution in [2.24, 2.45) is 0 Å². The van der Waals surface area contributed by atoms with E-state index in [4.69, 9.17) is 16.3 Å². The summed E-state index contributed by atoms with van der Waals surface area (Å²) in [6, 6.07) is 12.1. The molecule has 29 heavy (non-hydrogen) atoms. The molecule has 1 heterocycles. The van der Waals surface area contributed by atoms with Gasteiger partial charge in [0.2, 0.25) is 5.91 Å². The summed E-state index contributed by atoms with van der Waals surface area (Å²) >= 11 is 5.95. The topological polar surface area (TPSA) is 71.8 Å². The van der Waals surface area contributed by atoms with Crippen molar-refractivity contribution in [3.63, 3.8) is 0 Å². The number of nitrogens with zero attached hydrogens (tertiary/aromatic N) is 2. The molecule has 152 valence electrons. The van der Waals surface area contributed by atoms with Crippen molar-refractivity contribution >= 4 is 40.0 Å². The van der Waals surface area contributed by atoms with Gasteiger partial charge in [0.15, 0.2) is 0 Å². The van der Waals surface area contributed by atoms with E-state index in [9.17, 15) is 14.7 Å². The molecule has 0 atom stereocenters. The van der Waals surface area contributed by atoms with Crippen LogP contribution in [0.5, 0.6) is 5.75 Å². The fourth-order valence-electron chi connectivity index (χ4n) is 3.49. The summed E-state index contributed by atoms with van der Waals surface area (Å²) in [5.74, 6) is 0.245. The van der Waals surface area contributed by atoms with Gasteiger partial charge in [-0.15, -0.1) is 0 Å². The fourth-order valence-corrected chi connectivity index (χ4v) is 3.61. The second-order valence-electron chi connectivity index (χ2n) is 6.71. The second-order valence-corrected chi connectivity index (χ2v) is 7.15. The van der Waals surface area contributed by atoms with Gasteiger partial charge in [0.05, 0.1) is 18.3 Å². The Bertz CT molecular complexity index is 1060. The largest absolute Gasteiger partial charge is 0.497 e. The van der Waals surface area contributed by atoms with Crippen molar-refractivity contribution in [3.05, 3.63) is 58.7 Å². The van der Waals surface area contributed by atoms with Crippen molar-refractivity contribution < 1.29 is 19.4 Å². The monoisotopic (exact) mass is 414 g/mol. The van der Waals surface area contributed by atoms with Crippen molar-refractivity contribution in [2.45, 2.75) is 20.3 Å². The Morgan fingerprint density at radius 2 is 1.86 bits per heavy atom. The highest BCUT2D eigenvalue weighted by Gasteiger charge is 2.25. The zero-order valence-corrected chi connectivity index (χ0v) is 17.4. The van der Waals surface area contributed by atoms with Gasteiger partial charge in [0.1, 0.15) is 5.75 Å². The second kappa shape index (κ2) is 8.68. The molecule has 0 saturated carbocycles. The zero-order chi connectivity index (χ0) is 21.1. The lowest BCUT2D eigenvalue weighted by Crippen LogP contribution is -2.30. The normalized spacial score (nSPS) is 10.9. The van der Waals surface area contributed by atoms with Gasteiger partial charge in [-0.2, -0.15) is 0 Å². The lowest BCUT2D eigenvalue weighted by atomic mass is 10.2. The third-order valence-electron chi connectivity index (χ3n) is 4.86. The molecule has 0 saturated heterocycles. The number of anilines is 1. The van der Waals surface area contributed by atoms with Crippen molar-refractivity contribution in [1.82, 2.24) is 4.57 Å². The maximum Gasteiger partial charge on any atom is 0.262 e. The molecule has 0 aliphatic heterocycles. The summed E-state index contributed by atoms with van der Waals surface area (Å²) in [4.78, 5) is 27.3. The zero-order valence-electron chi connectivity index (χ0n) is 16.6. The Kier molecular flexibility index (Phi) is 6.25. The van der Waals surface area contributed by atoms with Crippen molar-refractivity contribution in [1.29, 1.82) is 0 Å². The van der Waals surface area contributed by atoms with Crippen LogP contribution in [0.25, 0.3) is 10.9 Å². The molecule has 0 spiro atoms. The number of aromatic nitrogens is 1. The maximum absolute atomic E-state index is 13.3. The summed E-state index contributed by atoms with van der Waals surface area (Å²) in [7, 11) is 1.57. The summed E-state index contributed by atoms with van der Waals surface area (Å²) in [5.41, 5.74) is 2.44. The predicted molar refractivity (Wildman–Crippen MR) is 114 cm³/mol. The van der Waals surface area contributed by atoms with E-state index in [0.29, 0.717) is 46.2 Å². The Morgan fingerprint density at radius 1 is 1.17 bits per heavy atom. The number of hydrogen-bond acceptors (Lipinski definition) is 4. The molecule has 1 aromatic heterocycles. The maximum atomic E-state index is 13.3. The number of rotatable bonds is 6. The Balaban J connectivity index is 2.25. The Labute approximate surface area is 174 Å². The molecule has 0 fully saturated rings. The number of benzene rings is 2. The Hall–Kier alpha value is -2.83. The molecule has 2 aromatic carbocycles. The molecular weight excluding hydrogens is 392 g/mol. The summed E-state index contributed by atoms with van der Waals surface area (Å²) < 4.78 is 6.95. The average molecular weight is 415 g/mol. The molecule has 0 aliphatic carbocycles. The molecule has 0 aliphatic rings. The van der Waals surface area contributed by atoms with E-state index < -0.39 is 0 Å². The number of carbonyl (C=O) groups excluding carboxylic acids is 2. The van der Waals surface area contributed by atoms with E-state index >= 15 is 0 Å². The molecule has 1 amide bonds. The lowest BCUT2D eigenvalue weighted by Gasteiger charge is -2.21. The van der Waals surface area contributed by atoms with Crippen LogP contribution in [0.1, 0.15) is 29.4 Å². The lowest BCUT2D eigenvalue weighted by molar-refractivity contribution is -0.116. The number of amides is 1. The van der Waals surface area contributed by atoms with Crippen LogP contribution in [0.4, 0.5) is 5.69 Å². The summed E-state index contributed by atoms with van der Waals surface area (Å²) in [6.07, 6.45) is 0.431. The number of halogens is 1. The third-order valence-corrected chi connectivity index (χ3v) is 5.11. The number of fused-ring (bicyclic) bond motifs is 1. The predicted octanol–water partition coefficient (Wildman–Crippen LogP) is 4.04. The molecule has 0 bridgehead atoms. The third kappa shape index (κ3) is 3.99. The molecule has 0 unspecified atom stereocenters. The van der Waals surface area contributed by atoms with E-state index in [2.05, 4.69) is 0 Å². The highest BCUT2D eigenvalue weighted by Crippen LogP contribution is 2.37. The first-order valence-electron chi connectivity index (χ1n) is 9.27. The first-order chi connectivity index (χ1) is 13.9. The minimum Gasteiger partial charge on any atom is -0.497 e. The first kappa shape index (κ1) is 20.9. The first-order valence-corrected chi connectivity index (χ1v) is 9.65. The number of aliphatic hydroxyl groups excluding tert-OH is 1. The molecule has 1 N–H and O–H groups in total. The smallest absolute Gasteiger partial charge is 0.262 e. The summed E-state index contributed by atoms with van der Waals surface area (Å²) in [6.45, 7) is 3.60. The van der Waals surface area contributed by atoms with Crippen LogP contribution in [-0.2, 0) is 4.79 Å². The van der Waals surface area contributed by atoms with Crippen LogP contribution in [0, 0.1) is 6.92 Å². The van der Waals surface area contributed by atoms with Gasteiger partial charge in [-0.25, -0.2) is 0 Å². The molecule has 3 aromatic rings. The Morgan fingerprint density at radius 3 is 2.45 bits per heavy atom. The van der Waals surface area contributed by atoms with Crippen LogP contribution >= 0.6 is 11.6 Å². The average Bonchev–Trinajstić information content (AvgIpc) is 2.99. The highest BCUT2D eigenvalue weighted by molar-refractivity contribution is 6.30. The van der Waals surface area contributed by atoms with Gasteiger partial charge in [0.25, 0.3) is 5.91 Å². The van der Waals surface area contributed by atoms with Gasteiger partial charge >= 0.3 is 0 Å². The van der Waals surface area contributed by atoms with Crippen LogP contribution in [-0.4, -0.2) is 41.7 Å². The summed E-state index contributed by atoms with van der Waals surface area (Å²) in [5, 5.41) is 10.5. The SMILES string of the molecule is COc1ccc2c(c1)c(N(CCCO)C(C)=O)c(C)n2C(=O)c1ccc(Cl)cc1. The fraction of sp³-hybridized carbons (Fsp3) is 0.273. The molecule has 7 heteroatoms. The number of ether oxygens (including phenoxy) is 1. The van der Waals surface area contributed by atoms with Crippen molar-refractivity contribution in [2.75, 3.05) is 25.2 Å². The minimum atomic E-state index is -0.216. The van der Waals surface area contributed by atoms with Gasteiger partial charge in [0, 0.05) is 41.7 Å². The van der Waals surface area contributed by atoms with Crippen LogP contribution in [0.15, 0.2) is 42.5 Å². The molecular formula is C22H23ClN2O4. The minimum absolute atomic E-state index is 0.0332. The number of methoxy groups -OCH3 is 1. The number of hydrogen-bond donors (Lipinski definition) is 1. The van der Waals surface area contributed by atoms with Crippen LogP contribution in [0.3, 0.4) is 0 Å². The van der Waals surface area contributed by atoms with Crippen molar-refractivity contribution in [3.8, 4) is 5.75 Å². The van der Waals surface area contributed by atoms with E-state index in [1.165, 1.54) is 6.92 Å². The highest BCUT2D eigenvalue weighted by atomic mass is 35.5. The van der Waals surface area contributed by atoms with Gasteiger partial charge < -0.3 is 14.7 Å². The van der Waals surface area contributed by atoms with E-state index in [1.54, 1.807) is 46.9 Å². The van der Waals surface area contributed by atoms with Gasteiger partial charge in [-0.3, -0.25) is 14.2 Å². The van der Waals surface area contributed by atoms with Gasteiger partial charge in [-0.1, -0.05) is 11.6 Å². The van der Waals surface area contributed by atoms with Gasteiger partial charge in [-0.05, 0) is 55.8 Å². The molecule has 6 nitrogen and oxygen atoms in total. The quantitative estimate of drug-likeness (QED) is 0.660. The van der Waals surface area contributed by atoms with Crippen LogP contribution < -0.4 is 9.64 Å².